The van der Waals surface area contributed by atoms with E-state index < -0.39 is 6.29 Å². The summed E-state index contributed by atoms with van der Waals surface area (Å²) in [6.45, 7) is 7.63. The van der Waals surface area contributed by atoms with Gasteiger partial charge in [-0.15, -0.1) is 0 Å². The Morgan fingerprint density at radius 2 is 1.92 bits per heavy atom. The van der Waals surface area contributed by atoms with Crippen molar-refractivity contribution in [3.8, 4) is 0 Å². The summed E-state index contributed by atoms with van der Waals surface area (Å²) in [5.74, 6) is 0.296. The van der Waals surface area contributed by atoms with Crippen LogP contribution >= 0.6 is 0 Å². The summed E-state index contributed by atoms with van der Waals surface area (Å²) in [4.78, 5) is 11.0. The Morgan fingerprint density at radius 3 is 2.33 bits per heavy atom. The highest BCUT2D eigenvalue weighted by molar-refractivity contribution is 5.83. The molecule has 0 N–H and O–H groups in total. The van der Waals surface area contributed by atoms with E-state index in [1.807, 2.05) is 20.8 Å². The third-order valence-corrected chi connectivity index (χ3v) is 1.54. The highest BCUT2D eigenvalue weighted by Crippen LogP contribution is 2.27. The van der Waals surface area contributed by atoms with Crippen molar-refractivity contribution < 1.29 is 14.3 Å². The summed E-state index contributed by atoms with van der Waals surface area (Å²) >= 11 is 0. The van der Waals surface area contributed by atoms with Crippen LogP contribution in [0, 0.1) is 5.41 Å². The Hall–Kier alpha value is -0.990. The Kier molecular flexibility index (Phi) is 2.13. The standard InChI is InChI=1S/C9H14O3/c1-6-5-7(10)12-8(11-6)9(2,3)4/h5,8H,1-4H3/t8-/m0/s1. The number of hydrogen-bond donors (Lipinski definition) is 0. The molecule has 0 bridgehead atoms. The van der Waals surface area contributed by atoms with Crippen molar-refractivity contribution in [1.29, 1.82) is 0 Å². The molecular weight excluding hydrogens is 156 g/mol. The number of esters is 1. The van der Waals surface area contributed by atoms with Crippen molar-refractivity contribution in [2.45, 2.75) is 34.0 Å². The maximum Gasteiger partial charge on any atom is 0.337 e. The summed E-state index contributed by atoms with van der Waals surface area (Å²) in [5, 5.41) is 0. The zero-order valence-corrected chi connectivity index (χ0v) is 7.88. The van der Waals surface area contributed by atoms with Gasteiger partial charge in [0.15, 0.2) is 0 Å². The van der Waals surface area contributed by atoms with Crippen LogP contribution in [-0.4, -0.2) is 12.3 Å². The fourth-order valence-corrected chi connectivity index (χ4v) is 0.886. The molecule has 0 fully saturated rings. The number of cyclic esters (lactones) is 1. The highest BCUT2D eigenvalue weighted by atomic mass is 16.7. The number of ether oxygens (including phenoxy) is 2. The second kappa shape index (κ2) is 2.81. The van der Waals surface area contributed by atoms with Crippen molar-refractivity contribution in [3.63, 3.8) is 0 Å². The third kappa shape index (κ3) is 2.00. The van der Waals surface area contributed by atoms with Crippen molar-refractivity contribution in [3.05, 3.63) is 11.8 Å². The van der Waals surface area contributed by atoms with Gasteiger partial charge in [0.25, 0.3) is 0 Å². The first-order chi connectivity index (χ1) is 5.39. The highest BCUT2D eigenvalue weighted by Gasteiger charge is 2.32. The number of allylic oxidation sites excluding steroid dienone is 1. The smallest absolute Gasteiger partial charge is 0.337 e. The largest absolute Gasteiger partial charge is 0.459 e. The zero-order chi connectivity index (χ0) is 9.35. The van der Waals surface area contributed by atoms with E-state index in [0.29, 0.717) is 5.76 Å². The fraction of sp³-hybridized carbons (Fsp3) is 0.667. The van der Waals surface area contributed by atoms with E-state index in [9.17, 15) is 4.79 Å². The van der Waals surface area contributed by atoms with Gasteiger partial charge >= 0.3 is 5.97 Å². The maximum absolute atomic E-state index is 11.0. The van der Waals surface area contributed by atoms with Gasteiger partial charge in [0.05, 0.1) is 6.08 Å². The van der Waals surface area contributed by atoms with Crippen LogP contribution in [-0.2, 0) is 14.3 Å². The summed E-state index contributed by atoms with van der Waals surface area (Å²) in [7, 11) is 0. The first kappa shape index (κ1) is 9.10. The van der Waals surface area contributed by atoms with Gasteiger partial charge in [0.1, 0.15) is 5.76 Å². The predicted molar refractivity (Wildman–Crippen MR) is 44.2 cm³/mol. The normalized spacial score (nSPS) is 24.2. The maximum atomic E-state index is 11.0. The van der Waals surface area contributed by atoms with Gasteiger partial charge in [-0.25, -0.2) is 4.79 Å². The molecule has 0 aromatic rings. The molecule has 3 nitrogen and oxygen atoms in total. The molecule has 0 saturated carbocycles. The van der Waals surface area contributed by atoms with E-state index in [1.165, 1.54) is 6.08 Å². The molecule has 1 rings (SSSR count). The van der Waals surface area contributed by atoms with Crippen molar-refractivity contribution in [2.75, 3.05) is 0 Å². The van der Waals surface area contributed by atoms with Crippen molar-refractivity contribution in [2.24, 2.45) is 5.41 Å². The van der Waals surface area contributed by atoms with Gasteiger partial charge in [0.2, 0.25) is 6.29 Å². The van der Waals surface area contributed by atoms with Crippen molar-refractivity contribution >= 4 is 5.97 Å². The summed E-state index contributed by atoms with van der Waals surface area (Å²) < 4.78 is 10.3. The molecule has 1 heterocycles. The van der Waals surface area contributed by atoms with Crippen molar-refractivity contribution in [1.82, 2.24) is 0 Å². The molecule has 0 unspecified atom stereocenters. The Bertz CT molecular complexity index is 222. The molecular formula is C9H14O3. The number of carbonyl (C=O) groups is 1. The van der Waals surface area contributed by atoms with Crippen LogP contribution in [0.15, 0.2) is 11.8 Å². The van der Waals surface area contributed by atoms with Crippen LogP contribution in [0.3, 0.4) is 0 Å². The molecule has 0 aliphatic carbocycles. The molecule has 1 aliphatic rings. The second-order valence-electron chi connectivity index (χ2n) is 4.01. The molecule has 0 radical (unpaired) electrons. The minimum Gasteiger partial charge on any atom is -0.459 e. The van der Waals surface area contributed by atoms with Gasteiger partial charge in [-0.05, 0) is 6.92 Å². The SMILES string of the molecule is CC1=CC(=O)O[C@@H](C(C)(C)C)O1. The lowest BCUT2D eigenvalue weighted by Crippen LogP contribution is -2.35. The monoisotopic (exact) mass is 170 g/mol. The third-order valence-electron chi connectivity index (χ3n) is 1.54. The van der Waals surface area contributed by atoms with E-state index >= 15 is 0 Å². The molecule has 3 heteroatoms. The molecule has 0 aromatic carbocycles. The summed E-state index contributed by atoms with van der Waals surface area (Å²) in [5.41, 5.74) is -0.175. The minimum atomic E-state index is -0.463. The Morgan fingerprint density at radius 1 is 1.33 bits per heavy atom. The molecule has 0 aromatic heterocycles. The molecule has 12 heavy (non-hydrogen) atoms. The van der Waals surface area contributed by atoms with Crippen LogP contribution < -0.4 is 0 Å². The summed E-state index contributed by atoms with van der Waals surface area (Å²) in [6.07, 6.45) is 0.886. The molecule has 68 valence electrons. The Balaban J connectivity index is 2.74. The first-order valence-electron chi connectivity index (χ1n) is 3.95. The Labute approximate surface area is 72.4 Å². The molecule has 1 atom stereocenters. The van der Waals surface area contributed by atoms with Crippen LogP contribution in [0.2, 0.25) is 0 Å². The number of carbonyl (C=O) groups excluding carboxylic acids is 1. The lowest BCUT2D eigenvalue weighted by molar-refractivity contribution is -0.194. The topological polar surface area (TPSA) is 35.5 Å². The predicted octanol–water partition coefficient (Wildman–Crippen LogP) is 1.84. The number of rotatable bonds is 0. The molecule has 1 aliphatic heterocycles. The van der Waals surface area contributed by atoms with Crippen LogP contribution in [0.25, 0.3) is 0 Å². The first-order valence-corrected chi connectivity index (χ1v) is 3.95. The van der Waals surface area contributed by atoms with Crippen LogP contribution in [0.4, 0.5) is 0 Å². The average molecular weight is 170 g/mol. The van der Waals surface area contributed by atoms with E-state index in [4.69, 9.17) is 9.47 Å². The van der Waals surface area contributed by atoms with Gasteiger partial charge in [-0.3, -0.25) is 0 Å². The minimum absolute atomic E-state index is 0.175. The van der Waals surface area contributed by atoms with E-state index in [-0.39, 0.29) is 11.4 Å². The van der Waals surface area contributed by atoms with E-state index in [2.05, 4.69) is 0 Å². The second-order valence-corrected chi connectivity index (χ2v) is 4.01. The summed E-state index contributed by atoms with van der Waals surface area (Å²) in [6, 6.07) is 0. The quantitative estimate of drug-likeness (QED) is 0.520. The van der Waals surface area contributed by atoms with E-state index in [1.54, 1.807) is 6.92 Å². The lowest BCUT2D eigenvalue weighted by Gasteiger charge is -2.32. The van der Waals surface area contributed by atoms with E-state index in [0.717, 1.165) is 0 Å². The van der Waals surface area contributed by atoms with Gasteiger partial charge in [0, 0.05) is 5.41 Å². The van der Waals surface area contributed by atoms with Gasteiger partial charge in [-0.1, -0.05) is 20.8 Å². The fourth-order valence-electron chi connectivity index (χ4n) is 0.886. The molecule has 0 saturated heterocycles. The molecule has 0 amide bonds. The molecule has 0 spiro atoms. The lowest BCUT2D eigenvalue weighted by atomic mass is 9.95. The van der Waals surface area contributed by atoms with Gasteiger partial charge in [-0.2, -0.15) is 0 Å². The number of hydrogen-bond acceptors (Lipinski definition) is 3. The average Bonchev–Trinajstić information content (AvgIpc) is 1.82. The van der Waals surface area contributed by atoms with Crippen LogP contribution in [0.5, 0.6) is 0 Å². The van der Waals surface area contributed by atoms with Crippen LogP contribution in [0.1, 0.15) is 27.7 Å². The zero-order valence-electron chi connectivity index (χ0n) is 7.88. The van der Waals surface area contributed by atoms with Gasteiger partial charge < -0.3 is 9.47 Å².